The van der Waals surface area contributed by atoms with Crippen molar-refractivity contribution in [2.45, 2.75) is 64.2 Å². The third-order valence-electron chi connectivity index (χ3n) is 2.94. The standard InChI is InChI=1S/C12H24S8/c1-2-4-6-8-10-12-14-16-18-20-19-17-15-13-11-9-7-5-3-1/h1-12H2. The Labute approximate surface area is 155 Å². The molecule has 1 heterocycles. The van der Waals surface area contributed by atoms with Gasteiger partial charge in [-0.3, -0.25) is 0 Å². The Kier molecular flexibility index (Phi) is 18.9. The highest BCUT2D eigenvalue weighted by Crippen LogP contribution is 2.57. The van der Waals surface area contributed by atoms with E-state index in [-0.39, 0.29) is 0 Å². The van der Waals surface area contributed by atoms with Gasteiger partial charge in [0.25, 0.3) is 0 Å². The molecule has 0 N–H and O–H groups in total. The van der Waals surface area contributed by atoms with E-state index in [0.717, 1.165) is 0 Å². The van der Waals surface area contributed by atoms with Crippen LogP contribution in [0.5, 0.6) is 0 Å². The Hall–Kier alpha value is 2.80. The second kappa shape index (κ2) is 18.1. The zero-order chi connectivity index (χ0) is 14.1. The molecule has 1 rings (SSSR count). The van der Waals surface area contributed by atoms with Crippen LogP contribution in [0.15, 0.2) is 0 Å². The van der Waals surface area contributed by atoms with Crippen molar-refractivity contribution in [1.82, 2.24) is 0 Å². The van der Waals surface area contributed by atoms with Gasteiger partial charge in [0.1, 0.15) is 0 Å². The van der Waals surface area contributed by atoms with Crippen molar-refractivity contribution in [3.05, 3.63) is 0 Å². The molecule has 1 aliphatic rings. The smallest absolute Gasteiger partial charge is 0.00454 e. The molecule has 0 aromatic heterocycles. The lowest BCUT2D eigenvalue weighted by atomic mass is 10.1. The first-order valence-electron chi connectivity index (χ1n) is 7.24. The van der Waals surface area contributed by atoms with Gasteiger partial charge in [-0.05, 0) is 71.8 Å². The van der Waals surface area contributed by atoms with Crippen molar-refractivity contribution < 1.29 is 0 Å². The van der Waals surface area contributed by atoms with E-state index >= 15 is 0 Å². The van der Waals surface area contributed by atoms with E-state index in [2.05, 4.69) is 0 Å². The zero-order valence-corrected chi connectivity index (χ0v) is 18.3. The summed E-state index contributed by atoms with van der Waals surface area (Å²) in [6.45, 7) is 0. The van der Waals surface area contributed by atoms with Gasteiger partial charge in [0.05, 0.1) is 0 Å². The predicted octanol–water partition coefficient (Wildman–Crippen LogP) is 9.17. The molecular weight excluding hydrogens is 401 g/mol. The maximum Gasteiger partial charge on any atom is 0.00454 e. The second-order valence-electron chi connectivity index (χ2n) is 4.59. The molecule has 0 unspecified atom stereocenters. The highest BCUT2D eigenvalue weighted by molar-refractivity contribution is 9.48. The molecule has 0 nitrogen and oxygen atoms in total. The molecule has 0 radical (unpaired) electrons. The molecule has 0 aliphatic carbocycles. The Balaban J connectivity index is 2.00. The largest absolute Gasteiger partial charge is 0.0817 e. The topological polar surface area (TPSA) is 0 Å². The zero-order valence-electron chi connectivity index (χ0n) is 11.8. The third kappa shape index (κ3) is 15.7. The summed E-state index contributed by atoms with van der Waals surface area (Å²) in [4.78, 5) is 0. The van der Waals surface area contributed by atoms with E-state index in [0.29, 0.717) is 0 Å². The number of rotatable bonds is 0. The summed E-state index contributed by atoms with van der Waals surface area (Å²) in [5, 5.41) is 0. The average Bonchev–Trinajstić information content (AvgIpc) is 2.46. The van der Waals surface area contributed by atoms with E-state index in [4.69, 9.17) is 0 Å². The van der Waals surface area contributed by atoms with Crippen LogP contribution >= 0.6 is 80.5 Å². The first-order chi connectivity index (χ1) is 10.0. The van der Waals surface area contributed by atoms with Crippen LogP contribution in [0.4, 0.5) is 0 Å². The fourth-order valence-electron chi connectivity index (χ4n) is 1.89. The van der Waals surface area contributed by atoms with E-state index in [1.54, 1.807) is 0 Å². The van der Waals surface area contributed by atoms with Crippen molar-refractivity contribution in [3.63, 3.8) is 0 Å². The van der Waals surface area contributed by atoms with Gasteiger partial charge < -0.3 is 0 Å². The highest BCUT2D eigenvalue weighted by Gasteiger charge is 1.99. The molecule has 0 spiro atoms. The van der Waals surface area contributed by atoms with E-state index in [9.17, 15) is 0 Å². The molecule has 0 aromatic rings. The average molecular weight is 425 g/mol. The second-order valence-corrected chi connectivity index (χ2v) is 17.9. The lowest BCUT2D eigenvalue weighted by Crippen LogP contribution is -1.84. The van der Waals surface area contributed by atoms with Crippen molar-refractivity contribution in [2.75, 3.05) is 11.5 Å². The minimum atomic E-state index is 1.32. The minimum Gasteiger partial charge on any atom is -0.0817 e. The van der Waals surface area contributed by atoms with Gasteiger partial charge in [-0.1, -0.05) is 73.0 Å². The molecule has 20 heavy (non-hydrogen) atoms. The van der Waals surface area contributed by atoms with Crippen LogP contribution in [0.1, 0.15) is 64.2 Å². The molecule has 0 atom stereocenters. The Morgan fingerprint density at radius 2 is 0.600 bits per heavy atom. The fourth-order valence-corrected chi connectivity index (χ4v) is 19.1. The maximum absolute atomic E-state index is 2.03. The lowest BCUT2D eigenvalue weighted by molar-refractivity contribution is 0.564. The molecule has 1 aliphatic heterocycles. The molecule has 120 valence electrons. The van der Waals surface area contributed by atoms with Crippen molar-refractivity contribution in [1.29, 1.82) is 0 Å². The molecule has 8 heteroatoms. The van der Waals surface area contributed by atoms with Crippen molar-refractivity contribution in [3.8, 4) is 0 Å². The van der Waals surface area contributed by atoms with Gasteiger partial charge >= 0.3 is 0 Å². The Morgan fingerprint density at radius 1 is 0.300 bits per heavy atom. The highest BCUT2D eigenvalue weighted by atomic mass is 34.0. The van der Waals surface area contributed by atoms with Crippen molar-refractivity contribution >= 4 is 80.5 Å². The van der Waals surface area contributed by atoms with Gasteiger partial charge in [0, 0.05) is 11.5 Å². The summed E-state index contributed by atoms with van der Waals surface area (Å²) in [5.41, 5.74) is 0. The predicted molar refractivity (Wildman–Crippen MR) is 117 cm³/mol. The van der Waals surface area contributed by atoms with E-state index in [1.807, 2.05) is 80.5 Å². The molecule has 0 aromatic carbocycles. The first-order valence-corrected chi connectivity index (χ1v) is 17.7. The van der Waals surface area contributed by atoms with E-state index < -0.39 is 0 Å². The lowest BCUT2D eigenvalue weighted by Gasteiger charge is -2.04. The SMILES string of the molecule is C1CCCCCCSSSSSSSSCCCCC1. The summed E-state index contributed by atoms with van der Waals surface area (Å²) in [5.74, 6) is 2.64. The van der Waals surface area contributed by atoms with Crippen LogP contribution in [-0.4, -0.2) is 11.5 Å². The summed E-state index contributed by atoms with van der Waals surface area (Å²) in [6, 6.07) is 0. The fraction of sp³-hybridized carbons (Fsp3) is 1.00. The van der Waals surface area contributed by atoms with Gasteiger partial charge in [-0.15, -0.1) is 0 Å². The number of hydrogen-bond acceptors (Lipinski definition) is 8. The summed E-state index contributed by atoms with van der Waals surface area (Å²) in [6.07, 6.45) is 14.4. The summed E-state index contributed by atoms with van der Waals surface area (Å²) >= 11 is 0. The Morgan fingerprint density at radius 3 is 1.00 bits per heavy atom. The molecule has 0 amide bonds. The van der Waals surface area contributed by atoms with Crippen LogP contribution in [0.25, 0.3) is 0 Å². The molecule has 0 bridgehead atoms. The molecule has 1 saturated heterocycles. The minimum absolute atomic E-state index is 1.32. The summed E-state index contributed by atoms with van der Waals surface area (Å²) in [7, 11) is 15.6. The van der Waals surface area contributed by atoms with Crippen molar-refractivity contribution in [2.24, 2.45) is 0 Å². The molecule has 1 fully saturated rings. The van der Waals surface area contributed by atoms with Crippen LogP contribution in [0.2, 0.25) is 0 Å². The monoisotopic (exact) mass is 424 g/mol. The normalized spacial score (nSPS) is 24.0. The number of hydrogen-bond donors (Lipinski definition) is 0. The van der Waals surface area contributed by atoms with Crippen LogP contribution in [-0.2, 0) is 0 Å². The van der Waals surface area contributed by atoms with Gasteiger partial charge in [-0.2, -0.15) is 0 Å². The van der Waals surface area contributed by atoms with Gasteiger partial charge in [-0.25, -0.2) is 0 Å². The van der Waals surface area contributed by atoms with Gasteiger partial charge in [0.15, 0.2) is 0 Å². The van der Waals surface area contributed by atoms with Crippen LogP contribution in [0.3, 0.4) is 0 Å². The van der Waals surface area contributed by atoms with E-state index in [1.165, 1.54) is 75.7 Å². The van der Waals surface area contributed by atoms with Gasteiger partial charge in [0.2, 0.25) is 0 Å². The van der Waals surface area contributed by atoms with Crippen LogP contribution in [0, 0.1) is 0 Å². The first kappa shape index (κ1) is 20.8. The summed E-state index contributed by atoms with van der Waals surface area (Å²) < 4.78 is 0. The van der Waals surface area contributed by atoms with Crippen LogP contribution < -0.4 is 0 Å². The quantitative estimate of drug-likeness (QED) is 0.348. The molecule has 0 saturated carbocycles. The maximum atomic E-state index is 2.03. The third-order valence-corrected chi connectivity index (χ3v) is 18.5. The Bertz CT molecular complexity index is 106. The molecular formula is C12H24S8.